The van der Waals surface area contributed by atoms with E-state index in [4.69, 9.17) is 0 Å². The first-order chi connectivity index (χ1) is 9.60. The van der Waals surface area contributed by atoms with Gasteiger partial charge in [0.05, 0.1) is 6.10 Å². The van der Waals surface area contributed by atoms with Gasteiger partial charge < -0.3 is 10.0 Å². The van der Waals surface area contributed by atoms with Crippen LogP contribution in [0.1, 0.15) is 29.7 Å². The Kier molecular flexibility index (Phi) is 4.80. The van der Waals surface area contributed by atoms with Crippen molar-refractivity contribution in [3.05, 3.63) is 65.2 Å². The van der Waals surface area contributed by atoms with Crippen LogP contribution in [0.5, 0.6) is 0 Å². The third kappa shape index (κ3) is 3.61. The van der Waals surface area contributed by atoms with Crippen LogP contribution in [0.2, 0.25) is 0 Å². The Morgan fingerprint density at radius 1 is 1.00 bits per heavy atom. The normalized spacial score (nSPS) is 12.2. The number of aliphatic hydroxyl groups excluding tert-OH is 1. The number of rotatable bonds is 5. The first kappa shape index (κ1) is 14.6. The average Bonchev–Trinajstić information content (AvgIpc) is 2.48. The highest BCUT2D eigenvalue weighted by atomic mass is 16.3. The molecule has 0 aromatic heterocycles. The van der Waals surface area contributed by atoms with Crippen molar-refractivity contribution in [2.24, 2.45) is 0 Å². The van der Waals surface area contributed by atoms with Crippen molar-refractivity contribution in [1.29, 1.82) is 0 Å². The summed E-state index contributed by atoms with van der Waals surface area (Å²) in [6.45, 7) is 4.80. The fraction of sp³-hybridized carbons (Fsp3) is 0.333. The van der Waals surface area contributed by atoms with Crippen LogP contribution in [0.15, 0.2) is 48.5 Å². The third-order valence-corrected chi connectivity index (χ3v) is 3.69. The van der Waals surface area contributed by atoms with Gasteiger partial charge in [0, 0.05) is 19.3 Å². The first-order valence-corrected chi connectivity index (χ1v) is 7.15. The van der Waals surface area contributed by atoms with Crippen LogP contribution in [0, 0.1) is 6.92 Å². The largest absolute Gasteiger partial charge is 0.387 e. The molecule has 1 N–H and O–H groups in total. The van der Waals surface area contributed by atoms with Crippen molar-refractivity contribution in [3.63, 3.8) is 0 Å². The predicted molar refractivity (Wildman–Crippen MR) is 85.2 cm³/mol. The highest BCUT2D eigenvalue weighted by molar-refractivity contribution is 5.47. The second-order valence-corrected chi connectivity index (χ2v) is 5.33. The highest BCUT2D eigenvalue weighted by Gasteiger charge is 2.11. The summed E-state index contributed by atoms with van der Waals surface area (Å²) in [4.78, 5) is 2.09. The second-order valence-electron chi connectivity index (χ2n) is 5.33. The summed E-state index contributed by atoms with van der Waals surface area (Å²) in [7, 11) is 2.01. The molecule has 0 amide bonds. The van der Waals surface area contributed by atoms with E-state index in [-0.39, 0.29) is 0 Å². The molecule has 2 aromatic carbocycles. The van der Waals surface area contributed by atoms with Gasteiger partial charge in [0.1, 0.15) is 0 Å². The van der Waals surface area contributed by atoms with Gasteiger partial charge in [-0.2, -0.15) is 0 Å². The Morgan fingerprint density at radius 2 is 1.60 bits per heavy atom. The van der Waals surface area contributed by atoms with Gasteiger partial charge in [0.25, 0.3) is 0 Å². The number of aryl methyl sites for hydroxylation is 2. The van der Waals surface area contributed by atoms with Crippen molar-refractivity contribution < 1.29 is 5.11 Å². The minimum atomic E-state index is -0.466. The fourth-order valence-corrected chi connectivity index (χ4v) is 2.24. The molecule has 0 aliphatic carbocycles. The van der Waals surface area contributed by atoms with Crippen LogP contribution in [0.3, 0.4) is 0 Å². The van der Waals surface area contributed by atoms with E-state index in [0.29, 0.717) is 6.54 Å². The summed E-state index contributed by atoms with van der Waals surface area (Å²) in [5, 5.41) is 10.3. The van der Waals surface area contributed by atoms with Crippen molar-refractivity contribution in [3.8, 4) is 0 Å². The fourth-order valence-electron chi connectivity index (χ4n) is 2.24. The van der Waals surface area contributed by atoms with E-state index in [2.05, 4.69) is 43.0 Å². The summed E-state index contributed by atoms with van der Waals surface area (Å²) in [5.74, 6) is 0. The van der Waals surface area contributed by atoms with Crippen LogP contribution < -0.4 is 4.90 Å². The molecule has 0 spiro atoms. The Hall–Kier alpha value is -1.80. The number of hydrogen-bond donors (Lipinski definition) is 1. The van der Waals surface area contributed by atoms with Gasteiger partial charge >= 0.3 is 0 Å². The zero-order chi connectivity index (χ0) is 14.5. The summed E-state index contributed by atoms with van der Waals surface area (Å²) < 4.78 is 0. The molecule has 0 aliphatic rings. The Labute approximate surface area is 121 Å². The molecular formula is C18H23NO. The maximum atomic E-state index is 10.3. The van der Waals surface area contributed by atoms with E-state index in [9.17, 15) is 5.11 Å². The monoisotopic (exact) mass is 269 g/mol. The van der Waals surface area contributed by atoms with Gasteiger partial charge in [-0.05, 0) is 36.6 Å². The Balaban J connectivity index is 2.02. The van der Waals surface area contributed by atoms with Crippen molar-refractivity contribution in [2.45, 2.75) is 26.4 Å². The van der Waals surface area contributed by atoms with Crippen LogP contribution >= 0.6 is 0 Å². The molecule has 0 bridgehead atoms. The zero-order valence-corrected chi connectivity index (χ0v) is 12.5. The van der Waals surface area contributed by atoms with Gasteiger partial charge in [-0.3, -0.25) is 0 Å². The molecule has 1 atom stereocenters. The van der Waals surface area contributed by atoms with Gasteiger partial charge in [-0.1, -0.05) is 48.9 Å². The van der Waals surface area contributed by atoms with E-state index in [1.165, 1.54) is 11.1 Å². The SMILES string of the molecule is CCc1ccc(N(C)CC(O)c2ccc(C)cc2)cc1. The van der Waals surface area contributed by atoms with Crippen molar-refractivity contribution >= 4 is 5.69 Å². The molecule has 0 saturated carbocycles. The topological polar surface area (TPSA) is 23.5 Å². The van der Waals surface area contributed by atoms with E-state index in [1.54, 1.807) is 0 Å². The predicted octanol–water partition coefficient (Wildman–Crippen LogP) is 3.73. The Morgan fingerprint density at radius 3 is 2.15 bits per heavy atom. The average molecular weight is 269 g/mol. The van der Waals surface area contributed by atoms with Crippen LogP contribution in [0.25, 0.3) is 0 Å². The highest BCUT2D eigenvalue weighted by Crippen LogP contribution is 2.19. The second kappa shape index (κ2) is 6.58. The summed E-state index contributed by atoms with van der Waals surface area (Å²) in [6.07, 6.45) is 0.585. The minimum absolute atomic E-state index is 0.466. The van der Waals surface area contributed by atoms with Gasteiger partial charge in [0.2, 0.25) is 0 Å². The van der Waals surface area contributed by atoms with Crippen LogP contribution in [-0.4, -0.2) is 18.7 Å². The number of benzene rings is 2. The number of hydrogen-bond acceptors (Lipinski definition) is 2. The zero-order valence-electron chi connectivity index (χ0n) is 12.5. The summed E-state index contributed by atoms with van der Waals surface area (Å²) >= 11 is 0. The lowest BCUT2D eigenvalue weighted by molar-refractivity contribution is 0.185. The maximum absolute atomic E-state index is 10.3. The minimum Gasteiger partial charge on any atom is -0.387 e. The molecule has 1 unspecified atom stereocenters. The molecule has 0 heterocycles. The maximum Gasteiger partial charge on any atom is 0.0964 e. The quantitative estimate of drug-likeness (QED) is 0.894. The van der Waals surface area contributed by atoms with E-state index < -0.39 is 6.10 Å². The molecule has 2 rings (SSSR count). The number of likely N-dealkylation sites (N-methyl/N-ethyl adjacent to an activating group) is 1. The van der Waals surface area contributed by atoms with Crippen molar-refractivity contribution in [2.75, 3.05) is 18.5 Å². The van der Waals surface area contributed by atoms with Crippen LogP contribution in [0.4, 0.5) is 5.69 Å². The van der Waals surface area contributed by atoms with E-state index in [0.717, 1.165) is 17.7 Å². The molecule has 0 saturated heterocycles. The lowest BCUT2D eigenvalue weighted by atomic mass is 10.1. The van der Waals surface area contributed by atoms with Gasteiger partial charge in [-0.15, -0.1) is 0 Å². The van der Waals surface area contributed by atoms with Crippen molar-refractivity contribution in [1.82, 2.24) is 0 Å². The van der Waals surface area contributed by atoms with Gasteiger partial charge in [0.15, 0.2) is 0 Å². The molecule has 0 fully saturated rings. The summed E-state index contributed by atoms with van der Waals surface area (Å²) in [6, 6.07) is 16.6. The Bertz CT molecular complexity index is 530. The molecule has 0 aliphatic heterocycles. The first-order valence-electron chi connectivity index (χ1n) is 7.15. The van der Waals surface area contributed by atoms with E-state index in [1.807, 2.05) is 31.3 Å². The van der Waals surface area contributed by atoms with E-state index >= 15 is 0 Å². The molecule has 2 heteroatoms. The molecular weight excluding hydrogens is 246 g/mol. The number of anilines is 1. The van der Waals surface area contributed by atoms with Crippen LogP contribution in [-0.2, 0) is 6.42 Å². The van der Waals surface area contributed by atoms with Gasteiger partial charge in [-0.25, -0.2) is 0 Å². The standard InChI is InChI=1S/C18H23NO/c1-4-15-7-11-17(12-8-15)19(3)13-18(20)16-9-5-14(2)6-10-16/h5-12,18,20H,4,13H2,1-3H3. The molecule has 2 aromatic rings. The molecule has 0 radical (unpaired) electrons. The smallest absolute Gasteiger partial charge is 0.0964 e. The molecule has 20 heavy (non-hydrogen) atoms. The lowest BCUT2D eigenvalue weighted by Gasteiger charge is -2.23. The number of nitrogens with zero attached hydrogens (tertiary/aromatic N) is 1. The molecule has 2 nitrogen and oxygen atoms in total. The third-order valence-electron chi connectivity index (χ3n) is 3.69. The lowest BCUT2D eigenvalue weighted by Crippen LogP contribution is -2.24. The summed E-state index contributed by atoms with van der Waals surface area (Å²) in [5.41, 5.74) is 4.65. The number of aliphatic hydroxyl groups is 1. The molecule has 106 valence electrons.